The van der Waals surface area contributed by atoms with Crippen LogP contribution in [0.3, 0.4) is 0 Å². The van der Waals surface area contributed by atoms with Crippen LogP contribution in [0.25, 0.3) is 22.4 Å². The molecule has 3 nitrogen and oxygen atoms in total. The van der Waals surface area contributed by atoms with E-state index in [4.69, 9.17) is 0 Å². The molecule has 1 aromatic heterocycles. The molecule has 3 rings (SSSR count). The molecule has 108 valence electrons. The molecule has 0 spiro atoms. The van der Waals surface area contributed by atoms with E-state index in [9.17, 15) is 13.9 Å². The molecule has 0 unspecified atom stereocenters. The lowest BCUT2D eigenvalue weighted by Gasteiger charge is -2.08. The summed E-state index contributed by atoms with van der Waals surface area (Å²) in [6.45, 7) is 2.12. The fraction of sp³-hybridized carbons (Fsp3) is 0.188. The number of aliphatic hydroxyl groups is 1. The van der Waals surface area contributed by atoms with Crippen LogP contribution >= 0.6 is 0 Å². The Morgan fingerprint density at radius 2 is 1.90 bits per heavy atom. The Labute approximate surface area is 120 Å². The number of aryl methyl sites for hydroxylation is 1. The largest absolute Gasteiger partial charge is 0.395 e. The van der Waals surface area contributed by atoms with Gasteiger partial charge in [-0.15, -0.1) is 0 Å². The average molecular weight is 288 g/mol. The highest BCUT2D eigenvalue weighted by molar-refractivity contribution is 5.81. The van der Waals surface area contributed by atoms with Crippen molar-refractivity contribution in [3.63, 3.8) is 0 Å². The minimum atomic E-state index is -0.924. The van der Waals surface area contributed by atoms with Crippen molar-refractivity contribution in [1.29, 1.82) is 0 Å². The van der Waals surface area contributed by atoms with E-state index in [2.05, 4.69) is 4.98 Å². The van der Waals surface area contributed by atoms with Crippen LogP contribution in [0, 0.1) is 18.6 Å². The highest BCUT2D eigenvalue weighted by atomic mass is 19.2. The molecule has 0 radical (unpaired) electrons. The number of benzene rings is 2. The third kappa shape index (κ3) is 2.40. The molecule has 0 aliphatic carbocycles. The van der Waals surface area contributed by atoms with E-state index in [1.807, 2.05) is 31.2 Å². The van der Waals surface area contributed by atoms with E-state index in [1.165, 1.54) is 0 Å². The van der Waals surface area contributed by atoms with Gasteiger partial charge >= 0.3 is 0 Å². The molecular formula is C16H14F2N2O. The summed E-state index contributed by atoms with van der Waals surface area (Å²) in [6.07, 6.45) is 0. The number of hydrogen-bond acceptors (Lipinski definition) is 2. The lowest BCUT2D eigenvalue weighted by atomic mass is 10.1. The second kappa shape index (κ2) is 5.26. The predicted octanol–water partition coefficient (Wildman–Crippen LogP) is 3.28. The van der Waals surface area contributed by atoms with Gasteiger partial charge in [0.25, 0.3) is 0 Å². The first-order valence-electron chi connectivity index (χ1n) is 6.63. The molecule has 3 aromatic rings. The monoisotopic (exact) mass is 288 g/mol. The van der Waals surface area contributed by atoms with Crippen molar-refractivity contribution >= 4 is 11.0 Å². The van der Waals surface area contributed by atoms with E-state index < -0.39 is 11.6 Å². The fourth-order valence-electron chi connectivity index (χ4n) is 2.45. The molecule has 21 heavy (non-hydrogen) atoms. The summed E-state index contributed by atoms with van der Waals surface area (Å²) < 4.78 is 28.5. The van der Waals surface area contributed by atoms with Crippen LogP contribution in [-0.4, -0.2) is 21.3 Å². The summed E-state index contributed by atoms with van der Waals surface area (Å²) in [5.74, 6) is -1.25. The van der Waals surface area contributed by atoms with Gasteiger partial charge in [-0.25, -0.2) is 13.8 Å². The summed E-state index contributed by atoms with van der Waals surface area (Å²) in [4.78, 5) is 4.39. The van der Waals surface area contributed by atoms with Crippen molar-refractivity contribution in [1.82, 2.24) is 9.55 Å². The molecule has 1 N–H and O–H groups in total. The Morgan fingerprint density at radius 1 is 1.14 bits per heavy atom. The average Bonchev–Trinajstić information content (AvgIpc) is 2.78. The van der Waals surface area contributed by atoms with Gasteiger partial charge in [0.1, 0.15) is 5.82 Å². The van der Waals surface area contributed by atoms with Crippen LogP contribution < -0.4 is 0 Å². The first-order valence-corrected chi connectivity index (χ1v) is 6.63. The molecular weight excluding hydrogens is 274 g/mol. The van der Waals surface area contributed by atoms with Crippen LogP contribution in [0.5, 0.6) is 0 Å². The van der Waals surface area contributed by atoms with Crippen molar-refractivity contribution in [2.45, 2.75) is 13.5 Å². The van der Waals surface area contributed by atoms with Gasteiger partial charge < -0.3 is 9.67 Å². The number of halogens is 2. The van der Waals surface area contributed by atoms with Gasteiger partial charge in [-0.3, -0.25) is 0 Å². The maximum Gasteiger partial charge on any atom is 0.161 e. The quantitative estimate of drug-likeness (QED) is 0.803. The summed E-state index contributed by atoms with van der Waals surface area (Å²) >= 11 is 0. The molecule has 0 bridgehead atoms. The number of rotatable bonds is 3. The Morgan fingerprint density at radius 3 is 2.62 bits per heavy atom. The molecule has 1 heterocycles. The van der Waals surface area contributed by atoms with Crippen LogP contribution in [0.2, 0.25) is 0 Å². The Kier molecular flexibility index (Phi) is 3.43. The van der Waals surface area contributed by atoms with Gasteiger partial charge in [0.05, 0.1) is 17.6 Å². The summed E-state index contributed by atoms with van der Waals surface area (Å²) in [6, 6.07) is 9.89. The number of hydrogen-bond donors (Lipinski definition) is 1. The van der Waals surface area contributed by atoms with Gasteiger partial charge in [-0.2, -0.15) is 0 Å². The van der Waals surface area contributed by atoms with Gasteiger partial charge in [-0.1, -0.05) is 23.8 Å². The molecule has 0 saturated heterocycles. The zero-order chi connectivity index (χ0) is 15.0. The third-order valence-electron chi connectivity index (χ3n) is 3.39. The Balaban J connectivity index is 2.28. The second-order valence-electron chi connectivity index (χ2n) is 4.94. The normalized spacial score (nSPS) is 11.2. The van der Waals surface area contributed by atoms with E-state index >= 15 is 0 Å². The lowest BCUT2D eigenvalue weighted by Crippen LogP contribution is -2.04. The first-order chi connectivity index (χ1) is 10.1. The minimum Gasteiger partial charge on any atom is -0.395 e. The van der Waals surface area contributed by atoms with Crippen molar-refractivity contribution in [2.24, 2.45) is 0 Å². The number of fused-ring (bicyclic) bond motifs is 1. The fourth-order valence-corrected chi connectivity index (χ4v) is 2.45. The molecule has 0 amide bonds. The molecule has 2 aromatic carbocycles. The smallest absolute Gasteiger partial charge is 0.161 e. The van der Waals surface area contributed by atoms with Crippen LogP contribution in [0.1, 0.15) is 5.56 Å². The van der Waals surface area contributed by atoms with Crippen molar-refractivity contribution in [2.75, 3.05) is 6.61 Å². The molecule has 0 fully saturated rings. The number of imidazole rings is 1. The van der Waals surface area contributed by atoms with Crippen molar-refractivity contribution in [3.05, 3.63) is 53.6 Å². The topological polar surface area (TPSA) is 38.0 Å². The van der Waals surface area contributed by atoms with Gasteiger partial charge in [0, 0.05) is 24.2 Å². The predicted molar refractivity (Wildman–Crippen MR) is 76.9 cm³/mol. The van der Waals surface area contributed by atoms with E-state index in [0.29, 0.717) is 16.9 Å². The molecule has 0 aliphatic rings. The maximum absolute atomic E-state index is 13.5. The summed E-state index contributed by atoms with van der Waals surface area (Å²) in [5, 5.41) is 9.23. The molecule has 0 saturated carbocycles. The molecule has 0 aliphatic heterocycles. The Hall–Kier alpha value is -2.27. The number of aromatic nitrogens is 2. The van der Waals surface area contributed by atoms with Gasteiger partial charge in [0.15, 0.2) is 11.6 Å². The molecule has 0 atom stereocenters. The van der Waals surface area contributed by atoms with Crippen LogP contribution in [0.15, 0.2) is 36.4 Å². The first kappa shape index (κ1) is 13.7. The summed E-state index contributed by atoms with van der Waals surface area (Å²) in [7, 11) is 0. The zero-order valence-corrected chi connectivity index (χ0v) is 11.5. The highest BCUT2D eigenvalue weighted by Crippen LogP contribution is 2.27. The van der Waals surface area contributed by atoms with E-state index in [1.54, 1.807) is 4.57 Å². The van der Waals surface area contributed by atoms with E-state index in [-0.39, 0.29) is 13.2 Å². The third-order valence-corrected chi connectivity index (χ3v) is 3.39. The molecule has 5 heteroatoms. The van der Waals surface area contributed by atoms with E-state index in [0.717, 1.165) is 23.3 Å². The lowest BCUT2D eigenvalue weighted by molar-refractivity contribution is 0.278. The van der Waals surface area contributed by atoms with Crippen LogP contribution in [-0.2, 0) is 6.54 Å². The zero-order valence-electron chi connectivity index (χ0n) is 11.5. The number of aliphatic hydroxyl groups excluding tert-OH is 1. The number of nitrogens with zero attached hydrogens (tertiary/aromatic N) is 2. The van der Waals surface area contributed by atoms with Gasteiger partial charge in [0.2, 0.25) is 0 Å². The Bertz CT molecular complexity index is 811. The standard InChI is InChI=1S/C16H14F2N2O/c1-10-3-2-4-11(7-10)16-19-14-8-12(17)13(18)9-15(14)20(16)5-6-21/h2-4,7-9,21H,5-6H2,1H3. The second-order valence-corrected chi connectivity index (χ2v) is 4.94. The van der Waals surface area contributed by atoms with Crippen molar-refractivity contribution < 1.29 is 13.9 Å². The minimum absolute atomic E-state index is 0.108. The van der Waals surface area contributed by atoms with Crippen molar-refractivity contribution in [3.8, 4) is 11.4 Å². The maximum atomic E-state index is 13.5. The van der Waals surface area contributed by atoms with Crippen LogP contribution in [0.4, 0.5) is 8.78 Å². The SMILES string of the molecule is Cc1cccc(-c2nc3cc(F)c(F)cc3n2CCO)c1. The highest BCUT2D eigenvalue weighted by Gasteiger charge is 2.15. The summed E-state index contributed by atoms with van der Waals surface area (Å²) in [5.41, 5.74) is 2.76. The van der Waals surface area contributed by atoms with Gasteiger partial charge in [-0.05, 0) is 13.0 Å².